The SMILES string of the molecule is O=C(N/N=C\c1ccncc1)Nc1ccccc1. The zero-order chi connectivity index (χ0) is 12.6. The van der Waals surface area contributed by atoms with Crippen molar-refractivity contribution in [2.45, 2.75) is 0 Å². The van der Waals surface area contributed by atoms with Crippen molar-refractivity contribution < 1.29 is 4.79 Å². The van der Waals surface area contributed by atoms with Crippen LogP contribution < -0.4 is 10.7 Å². The monoisotopic (exact) mass is 240 g/mol. The first kappa shape index (κ1) is 11.8. The Morgan fingerprint density at radius 2 is 1.83 bits per heavy atom. The molecule has 2 amide bonds. The van der Waals surface area contributed by atoms with Crippen molar-refractivity contribution in [2.24, 2.45) is 5.10 Å². The van der Waals surface area contributed by atoms with Crippen molar-refractivity contribution in [1.82, 2.24) is 10.4 Å². The minimum atomic E-state index is -0.383. The summed E-state index contributed by atoms with van der Waals surface area (Å²) in [4.78, 5) is 15.3. The van der Waals surface area contributed by atoms with Crippen molar-refractivity contribution >= 4 is 17.9 Å². The molecule has 0 aliphatic heterocycles. The van der Waals surface area contributed by atoms with Crippen LogP contribution in [-0.2, 0) is 0 Å². The van der Waals surface area contributed by atoms with E-state index in [0.29, 0.717) is 5.69 Å². The van der Waals surface area contributed by atoms with Crippen molar-refractivity contribution in [3.05, 3.63) is 60.4 Å². The van der Waals surface area contributed by atoms with Gasteiger partial charge < -0.3 is 5.32 Å². The summed E-state index contributed by atoms with van der Waals surface area (Å²) in [5.74, 6) is 0. The molecule has 90 valence electrons. The summed E-state index contributed by atoms with van der Waals surface area (Å²) in [6, 6.07) is 12.4. The molecule has 5 heteroatoms. The van der Waals surface area contributed by atoms with Crippen LogP contribution >= 0.6 is 0 Å². The van der Waals surface area contributed by atoms with Gasteiger partial charge in [0.15, 0.2) is 0 Å². The van der Waals surface area contributed by atoms with Gasteiger partial charge in [-0.3, -0.25) is 4.98 Å². The molecule has 0 spiro atoms. The average Bonchev–Trinajstić information content (AvgIpc) is 2.41. The lowest BCUT2D eigenvalue weighted by Crippen LogP contribution is -2.24. The Hall–Kier alpha value is -2.69. The van der Waals surface area contributed by atoms with Crippen LogP contribution in [0.25, 0.3) is 0 Å². The summed E-state index contributed by atoms with van der Waals surface area (Å²) in [6.07, 6.45) is 4.86. The highest BCUT2D eigenvalue weighted by atomic mass is 16.2. The largest absolute Gasteiger partial charge is 0.339 e. The molecule has 0 saturated heterocycles. The number of hydrogen-bond donors (Lipinski definition) is 2. The third kappa shape index (κ3) is 3.71. The lowest BCUT2D eigenvalue weighted by molar-refractivity contribution is 0.252. The number of amides is 2. The Bertz CT molecular complexity index is 525. The first-order valence-corrected chi connectivity index (χ1v) is 5.40. The lowest BCUT2D eigenvalue weighted by Gasteiger charge is -2.02. The fourth-order valence-electron chi connectivity index (χ4n) is 1.30. The maximum Gasteiger partial charge on any atom is 0.339 e. The van der Waals surface area contributed by atoms with Gasteiger partial charge in [-0.1, -0.05) is 18.2 Å². The normalized spacial score (nSPS) is 10.2. The van der Waals surface area contributed by atoms with Crippen molar-refractivity contribution in [1.29, 1.82) is 0 Å². The molecule has 2 aromatic rings. The molecule has 2 N–H and O–H groups in total. The summed E-state index contributed by atoms with van der Waals surface area (Å²) < 4.78 is 0. The predicted octanol–water partition coefficient (Wildman–Crippen LogP) is 2.24. The van der Waals surface area contributed by atoms with Gasteiger partial charge in [-0.25, -0.2) is 10.2 Å². The molecule has 1 aromatic heterocycles. The third-order valence-corrected chi connectivity index (χ3v) is 2.12. The summed E-state index contributed by atoms with van der Waals surface area (Å²) >= 11 is 0. The Balaban J connectivity index is 1.84. The molecule has 0 unspecified atom stereocenters. The van der Waals surface area contributed by atoms with E-state index in [-0.39, 0.29) is 6.03 Å². The number of carbonyl (C=O) groups excluding carboxylic acids is 1. The summed E-state index contributed by atoms with van der Waals surface area (Å²) in [6.45, 7) is 0. The number of pyridine rings is 1. The quantitative estimate of drug-likeness (QED) is 0.638. The predicted molar refractivity (Wildman–Crippen MR) is 70.4 cm³/mol. The standard InChI is InChI=1S/C13H12N4O/c18-13(16-12-4-2-1-3-5-12)17-15-10-11-6-8-14-9-7-11/h1-10H,(H2,16,17,18)/b15-10-. The van der Waals surface area contributed by atoms with Gasteiger partial charge in [-0.05, 0) is 29.8 Å². The minimum absolute atomic E-state index is 0.383. The van der Waals surface area contributed by atoms with E-state index in [9.17, 15) is 4.79 Å². The Morgan fingerprint density at radius 1 is 1.11 bits per heavy atom. The van der Waals surface area contributed by atoms with Gasteiger partial charge in [-0.2, -0.15) is 5.10 Å². The number of para-hydroxylation sites is 1. The number of hydrazone groups is 1. The maximum absolute atomic E-state index is 11.5. The first-order chi connectivity index (χ1) is 8.84. The number of urea groups is 1. The van der Waals surface area contributed by atoms with E-state index in [1.807, 2.05) is 18.2 Å². The topological polar surface area (TPSA) is 66.4 Å². The van der Waals surface area contributed by atoms with Crippen molar-refractivity contribution in [2.75, 3.05) is 5.32 Å². The highest BCUT2D eigenvalue weighted by Gasteiger charge is 1.97. The summed E-state index contributed by atoms with van der Waals surface area (Å²) in [5.41, 5.74) is 3.96. The first-order valence-electron chi connectivity index (χ1n) is 5.40. The molecular formula is C13H12N4O. The number of carbonyl (C=O) groups is 1. The second-order valence-electron chi connectivity index (χ2n) is 3.47. The Kier molecular flexibility index (Phi) is 4.02. The van der Waals surface area contributed by atoms with Gasteiger partial charge in [0, 0.05) is 18.1 Å². The molecule has 0 bridgehead atoms. The molecule has 1 aromatic carbocycles. The highest BCUT2D eigenvalue weighted by molar-refractivity contribution is 5.90. The van der Waals surface area contributed by atoms with Crippen molar-refractivity contribution in [3.8, 4) is 0 Å². The Labute approximate surface area is 105 Å². The molecule has 0 aliphatic carbocycles. The van der Waals surface area contributed by atoms with Crippen LogP contribution in [0.15, 0.2) is 60.0 Å². The molecule has 18 heavy (non-hydrogen) atoms. The Morgan fingerprint density at radius 3 is 2.56 bits per heavy atom. The zero-order valence-corrected chi connectivity index (χ0v) is 9.58. The zero-order valence-electron chi connectivity index (χ0n) is 9.58. The van der Waals surface area contributed by atoms with Crippen LogP contribution in [0.5, 0.6) is 0 Å². The molecule has 2 rings (SSSR count). The van der Waals surface area contributed by atoms with Gasteiger partial charge in [0.2, 0.25) is 0 Å². The van der Waals surface area contributed by atoms with Crippen molar-refractivity contribution in [3.63, 3.8) is 0 Å². The third-order valence-electron chi connectivity index (χ3n) is 2.12. The number of rotatable bonds is 3. The van der Waals surface area contributed by atoms with E-state index in [4.69, 9.17) is 0 Å². The molecule has 0 saturated carbocycles. The van der Waals surface area contributed by atoms with Crippen LogP contribution in [-0.4, -0.2) is 17.2 Å². The van der Waals surface area contributed by atoms with E-state index in [0.717, 1.165) is 5.56 Å². The van der Waals surface area contributed by atoms with Gasteiger partial charge in [-0.15, -0.1) is 0 Å². The molecule has 0 atom stereocenters. The summed E-state index contributed by atoms with van der Waals surface area (Å²) in [7, 11) is 0. The van der Waals surface area contributed by atoms with Crippen LogP contribution in [0, 0.1) is 0 Å². The molecular weight excluding hydrogens is 228 g/mol. The molecule has 0 radical (unpaired) electrons. The maximum atomic E-state index is 11.5. The van der Waals surface area contributed by atoms with E-state index in [1.165, 1.54) is 0 Å². The van der Waals surface area contributed by atoms with E-state index in [1.54, 1.807) is 42.9 Å². The van der Waals surface area contributed by atoms with Gasteiger partial charge in [0.25, 0.3) is 0 Å². The smallest absolute Gasteiger partial charge is 0.307 e. The molecule has 1 heterocycles. The van der Waals surface area contributed by atoms with Crippen LogP contribution in [0.1, 0.15) is 5.56 Å². The molecule has 0 aliphatic rings. The minimum Gasteiger partial charge on any atom is -0.307 e. The van der Waals surface area contributed by atoms with Crippen LogP contribution in [0.2, 0.25) is 0 Å². The van der Waals surface area contributed by atoms with Gasteiger partial charge in [0.1, 0.15) is 0 Å². The van der Waals surface area contributed by atoms with Crippen LogP contribution in [0.3, 0.4) is 0 Å². The highest BCUT2D eigenvalue weighted by Crippen LogP contribution is 2.03. The van der Waals surface area contributed by atoms with Gasteiger partial charge >= 0.3 is 6.03 Å². The van der Waals surface area contributed by atoms with E-state index < -0.39 is 0 Å². The number of nitrogens with one attached hydrogen (secondary N) is 2. The number of anilines is 1. The van der Waals surface area contributed by atoms with Crippen LogP contribution in [0.4, 0.5) is 10.5 Å². The van der Waals surface area contributed by atoms with E-state index >= 15 is 0 Å². The number of benzene rings is 1. The summed E-state index contributed by atoms with van der Waals surface area (Å²) in [5, 5.41) is 6.47. The second kappa shape index (κ2) is 6.15. The lowest BCUT2D eigenvalue weighted by atomic mass is 10.3. The number of aromatic nitrogens is 1. The molecule has 0 fully saturated rings. The second-order valence-corrected chi connectivity index (χ2v) is 3.47. The van der Waals surface area contributed by atoms with E-state index in [2.05, 4.69) is 20.8 Å². The fourth-order valence-corrected chi connectivity index (χ4v) is 1.30. The number of nitrogens with zero attached hydrogens (tertiary/aromatic N) is 2. The number of hydrogen-bond acceptors (Lipinski definition) is 3. The average molecular weight is 240 g/mol. The molecule has 5 nitrogen and oxygen atoms in total. The van der Waals surface area contributed by atoms with Gasteiger partial charge in [0.05, 0.1) is 6.21 Å². The fraction of sp³-hybridized carbons (Fsp3) is 0.